The second-order valence-electron chi connectivity index (χ2n) is 8.53. The van der Waals surface area contributed by atoms with Crippen LogP contribution in [-0.2, 0) is 0 Å². The lowest BCUT2D eigenvalue weighted by molar-refractivity contribution is 0.272. The summed E-state index contributed by atoms with van der Waals surface area (Å²) in [6.45, 7) is 7.22. The van der Waals surface area contributed by atoms with E-state index < -0.39 is 0 Å². The predicted molar refractivity (Wildman–Crippen MR) is 111 cm³/mol. The topological polar surface area (TPSA) is 0 Å². The molecular weight excluding hydrogens is 316 g/mol. The normalized spacial score (nSPS) is 35.3. The second-order valence-corrected chi connectivity index (χ2v) is 11.1. The Morgan fingerprint density at radius 3 is 2.09 bits per heavy atom. The first-order chi connectivity index (χ1) is 11.2. The molecule has 0 radical (unpaired) electrons. The fourth-order valence-corrected chi connectivity index (χ4v) is 8.02. The van der Waals surface area contributed by atoms with Gasteiger partial charge in [-0.25, -0.2) is 0 Å². The van der Waals surface area contributed by atoms with Gasteiger partial charge in [0.25, 0.3) is 0 Å². The highest BCUT2D eigenvalue weighted by atomic mass is 32.2. The van der Waals surface area contributed by atoms with Gasteiger partial charge in [0.1, 0.15) is 0 Å². The molecule has 0 N–H and O–H groups in total. The van der Waals surface area contributed by atoms with Crippen LogP contribution in [0.1, 0.15) is 97.8 Å². The lowest BCUT2D eigenvalue weighted by Crippen LogP contribution is -2.33. The van der Waals surface area contributed by atoms with E-state index in [9.17, 15) is 0 Å². The molecule has 1 aliphatic heterocycles. The maximum absolute atomic E-state index is 2.56. The highest BCUT2D eigenvalue weighted by Gasteiger charge is 2.36. The van der Waals surface area contributed by atoms with Crippen molar-refractivity contribution in [1.29, 1.82) is 0 Å². The Kier molecular flexibility index (Phi) is 9.26. The van der Waals surface area contributed by atoms with Gasteiger partial charge in [-0.1, -0.05) is 78.6 Å². The van der Waals surface area contributed by atoms with Crippen molar-refractivity contribution in [1.82, 2.24) is 0 Å². The van der Waals surface area contributed by atoms with Crippen molar-refractivity contribution in [3.05, 3.63) is 0 Å². The van der Waals surface area contributed by atoms with Crippen molar-refractivity contribution in [2.45, 2.75) is 102 Å². The molecule has 0 aromatic carbocycles. The molecule has 2 rings (SSSR count). The Hall–Kier alpha value is 0.700. The molecule has 0 aromatic rings. The van der Waals surface area contributed by atoms with Crippen LogP contribution >= 0.6 is 23.5 Å². The molecule has 0 nitrogen and oxygen atoms in total. The molecule has 1 saturated heterocycles. The van der Waals surface area contributed by atoms with E-state index in [1.807, 2.05) is 0 Å². The summed E-state index contributed by atoms with van der Waals surface area (Å²) in [4.78, 5) is 0. The number of hydrogen-bond acceptors (Lipinski definition) is 2. The van der Waals surface area contributed by atoms with Crippen molar-refractivity contribution in [3.63, 3.8) is 0 Å². The Morgan fingerprint density at radius 2 is 1.48 bits per heavy atom. The zero-order valence-electron chi connectivity index (χ0n) is 15.9. The van der Waals surface area contributed by atoms with Gasteiger partial charge in [-0.15, -0.1) is 23.5 Å². The standard InChI is InChI=1S/C21H40S2/c1-4-6-7-8-9-15-21(3)16-22-20(23-17-21)19-13-11-18(10-5-2)12-14-19/h18-20H,4-17H2,1-3H3. The van der Waals surface area contributed by atoms with Crippen LogP contribution < -0.4 is 0 Å². The Morgan fingerprint density at radius 1 is 0.826 bits per heavy atom. The minimum Gasteiger partial charge on any atom is -0.147 e. The number of unbranched alkanes of at least 4 members (excludes halogenated alkanes) is 4. The van der Waals surface area contributed by atoms with Crippen molar-refractivity contribution < 1.29 is 0 Å². The maximum Gasteiger partial charge on any atom is 0.0531 e. The largest absolute Gasteiger partial charge is 0.147 e. The average molecular weight is 357 g/mol. The van der Waals surface area contributed by atoms with Crippen LogP contribution in [0.15, 0.2) is 0 Å². The molecule has 0 atom stereocenters. The van der Waals surface area contributed by atoms with Crippen LogP contribution in [0, 0.1) is 17.3 Å². The van der Waals surface area contributed by atoms with Gasteiger partial charge in [0.15, 0.2) is 0 Å². The number of hydrogen-bond donors (Lipinski definition) is 0. The highest BCUT2D eigenvalue weighted by molar-refractivity contribution is 8.17. The third kappa shape index (κ3) is 6.84. The van der Waals surface area contributed by atoms with Gasteiger partial charge in [-0.2, -0.15) is 0 Å². The van der Waals surface area contributed by atoms with E-state index in [1.54, 1.807) is 0 Å². The van der Waals surface area contributed by atoms with E-state index in [1.165, 1.54) is 88.6 Å². The van der Waals surface area contributed by atoms with E-state index in [2.05, 4.69) is 44.3 Å². The molecule has 2 aliphatic rings. The zero-order chi connectivity index (χ0) is 16.5. The molecule has 0 amide bonds. The predicted octanol–water partition coefficient (Wildman–Crippen LogP) is 7.77. The van der Waals surface area contributed by atoms with Gasteiger partial charge in [0.2, 0.25) is 0 Å². The monoisotopic (exact) mass is 356 g/mol. The van der Waals surface area contributed by atoms with Gasteiger partial charge in [0.05, 0.1) is 4.58 Å². The van der Waals surface area contributed by atoms with E-state index in [0.717, 1.165) is 16.4 Å². The van der Waals surface area contributed by atoms with E-state index in [0.29, 0.717) is 5.41 Å². The first-order valence-electron chi connectivity index (χ1n) is 10.4. The molecule has 0 spiro atoms. The van der Waals surface area contributed by atoms with Crippen molar-refractivity contribution in [2.75, 3.05) is 11.5 Å². The zero-order valence-corrected chi connectivity index (χ0v) is 17.6. The lowest BCUT2D eigenvalue weighted by Gasteiger charge is -2.41. The van der Waals surface area contributed by atoms with Crippen LogP contribution in [-0.4, -0.2) is 16.1 Å². The molecule has 1 heterocycles. The summed E-state index contributed by atoms with van der Waals surface area (Å²) >= 11 is 4.65. The summed E-state index contributed by atoms with van der Waals surface area (Å²) in [6, 6.07) is 0. The summed E-state index contributed by atoms with van der Waals surface area (Å²) < 4.78 is 0.922. The number of rotatable bonds is 9. The fourth-order valence-electron chi connectivity index (χ4n) is 4.39. The highest BCUT2D eigenvalue weighted by Crippen LogP contribution is 2.49. The van der Waals surface area contributed by atoms with Gasteiger partial charge in [0, 0.05) is 11.5 Å². The molecule has 0 aromatic heterocycles. The minimum absolute atomic E-state index is 0.622. The third-order valence-corrected chi connectivity index (χ3v) is 10.0. The van der Waals surface area contributed by atoms with Gasteiger partial charge in [-0.05, 0) is 36.5 Å². The summed E-state index contributed by atoms with van der Waals surface area (Å²) in [7, 11) is 0. The van der Waals surface area contributed by atoms with Crippen LogP contribution in [0.2, 0.25) is 0 Å². The molecule has 136 valence electrons. The summed E-state index contributed by atoms with van der Waals surface area (Å²) in [5, 5.41) is 0. The Labute approximate surface area is 154 Å². The smallest absolute Gasteiger partial charge is 0.0531 e. The molecule has 0 unspecified atom stereocenters. The van der Waals surface area contributed by atoms with E-state index in [4.69, 9.17) is 0 Å². The van der Waals surface area contributed by atoms with Crippen molar-refractivity contribution >= 4 is 23.5 Å². The van der Waals surface area contributed by atoms with Gasteiger partial charge < -0.3 is 0 Å². The molecule has 2 heteroatoms. The van der Waals surface area contributed by atoms with Crippen molar-refractivity contribution in [3.8, 4) is 0 Å². The summed E-state index contributed by atoms with van der Waals surface area (Å²) in [5.74, 6) is 4.93. The summed E-state index contributed by atoms with van der Waals surface area (Å²) in [5.41, 5.74) is 0.622. The summed E-state index contributed by atoms with van der Waals surface area (Å²) in [6.07, 6.45) is 17.6. The third-order valence-electron chi connectivity index (χ3n) is 6.05. The molecule has 1 saturated carbocycles. The maximum atomic E-state index is 2.56. The van der Waals surface area contributed by atoms with Crippen LogP contribution in [0.5, 0.6) is 0 Å². The molecule has 0 bridgehead atoms. The first kappa shape index (κ1) is 20.0. The Bertz CT molecular complexity index is 299. The number of thioether (sulfide) groups is 2. The first-order valence-corrected chi connectivity index (χ1v) is 12.5. The average Bonchev–Trinajstić information content (AvgIpc) is 2.57. The van der Waals surface area contributed by atoms with Crippen molar-refractivity contribution in [2.24, 2.45) is 17.3 Å². The second kappa shape index (κ2) is 10.6. The molecule has 2 fully saturated rings. The molecular formula is C21H40S2. The van der Waals surface area contributed by atoms with Crippen LogP contribution in [0.4, 0.5) is 0 Å². The minimum atomic E-state index is 0.622. The van der Waals surface area contributed by atoms with Crippen LogP contribution in [0.25, 0.3) is 0 Å². The Balaban J connectivity index is 1.63. The van der Waals surface area contributed by atoms with Gasteiger partial charge >= 0.3 is 0 Å². The van der Waals surface area contributed by atoms with E-state index in [-0.39, 0.29) is 0 Å². The van der Waals surface area contributed by atoms with Gasteiger partial charge in [-0.3, -0.25) is 0 Å². The van der Waals surface area contributed by atoms with E-state index >= 15 is 0 Å². The SMILES string of the molecule is CCCCCCCC1(C)CSC(C2CCC(CCC)CC2)SC1. The fraction of sp³-hybridized carbons (Fsp3) is 1.00. The van der Waals surface area contributed by atoms with Crippen LogP contribution in [0.3, 0.4) is 0 Å². The lowest BCUT2D eigenvalue weighted by atomic mass is 9.81. The molecule has 23 heavy (non-hydrogen) atoms. The quantitative estimate of drug-likeness (QED) is 0.387. The molecule has 1 aliphatic carbocycles.